The van der Waals surface area contributed by atoms with Crippen LogP contribution in [0.3, 0.4) is 0 Å². The molecule has 0 aliphatic carbocycles. The average molecular weight is 263 g/mol. The van der Waals surface area contributed by atoms with E-state index in [1.165, 1.54) is 17.1 Å². The monoisotopic (exact) mass is 261 g/mol. The standard InChI is InChI=1S/C8H5BrClNS/c1-4-2-5-7(6(9)3-4)12-11-8(5)10/h2-3H,1H3. The Balaban J connectivity index is 2.92. The number of halogens is 2. The van der Waals surface area contributed by atoms with Gasteiger partial charge in [-0.15, -0.1) is 0 Å². The highest BCUT2D eigenvalue weighted by Crippen LogP contribution is 2.33. The molecule has 0 spiro atoms. The Bertz CT molecular complexity index is 438. The van der Waals surface area contributed by atoms with Crippen molar-refractivity contribution in [1.82, 2.24) is 4.37 Å². The topological polar surface area (TPSA) is 12.9 Å². The van der Waals surface area contributed by atoms with E-state index in [9.17, 15) is 0 Å². The lowest BCUT2D eigenvalue weighted by Crippen LogP contribution is -1.72. The summed E-state index contributed by atoms with van der Waals surface area (Å²) >= 11 is 10.8. The number of rotatable bonds is 0. The van der Waals surface area contributed by atoms with E-state index in [0.29, 0.717) is 5.15 Å². The molecule has 0 amide bonds. The summed E-state index contributed by atoms with van der Waals surface area (Å²) in [7, 11) is 0. The molecule has 0 aliphatic heterocycles. The third-order valence-electron chi connectivity index (χ3n) is 1.63. The van der Waals surface area contributed by atoms with Gasteiger partial charge in [0.05, 0.1) is 4.70 Å². The minimum Gasteiger partial charge on any atom is -0.180 e. The van der Waals surface area contributed by atoms with E-state index in [-0.39, 0.29) is 0 Å². The normalized spacial score (nSPS) is 10.9. The molecule has 0 bridgehead atoms. The number of aromatic nitrogens is 1. The second kappa shape index (κ2) is 2.98. The largest absolute Gasteiger partial charge is 0.180 e. The summed E-state index contributed by atoms with van der Waals surface area (Å²) in [5.41, 5.74) is 1.19. The molecule has 0 N–H and O–H groups in total. The second-order valence-corrected chi connectivity index (χ2v) is 4.58. The zero-order chi connectivity index (χ0) is 8.72. The van der Waals surface area contributed by atoms with Crippen LogP contribution in [0.5, 0.6) is 0 Å². The van der Waals surface area contributed by atoms with Gasteiger partial charge < -0.3 is 0 Å². The molecule has 1 aromatic heterocycles. The van der Waals surface area contributed by atoms with Crippen LogP contribution in [-0.4, -0.2) is 4.37 Å². The number of fused-ring (bicyclic) bond motifs is 1. The Morgan fingerprint density at radius 2 is 2.25 bits per heavy atom. The molecule has 2 aromatic rings. The van der Waals surface area contributed by atoms with Crippen molar-refractivity contribution in [3.05, 3.63) is 27.3 Å². The van der Waals surface area contributed by atoms with E-state index in [1.54, 1.807) is 0 Å². The van der Waals surface area contributed by atoms with Crippen LogP contribution in [0.1, 0.15) is 5.56 Å². The molecule has 2 rings (SSSR count). The maximum absolute atomic E-state index is 5.90. The molecule has 12 heavy (non-hydrogen) atoms. The minimum absolute atomic E-state index is 0.597. The summed E-state index contributed by atoms with van der Waals surface area (Å²) in [6, 6.07) is 4.11. The van der Waals surface area contributed by atoms with Gasteiger partial charge in [-0.1, -0.05) is 11.6 Å². The molecule has 0 atom stereocenters. The molecule has 1 heterocycles. The first kappa shape index (κ1) is 8.48. The molecule has 1 nitrogen and oxygen atoms in total. The highest BCUT2D eigenvalue weighted by Gasteiger charge is 2.06. The molecular weight excluding hydrogens is 258 g/mol. The number of aryl methyl sites for hydroxylation is 1. The fraction of sp³-hybridized carbons (Fsp3) is 0.125. The highest BCUT2D eigenvalue weighted by atomic mass is 79.9. The van der Waals surface area contributed by atoms with Crippen LogP contribution in [0, 0.1) is 6.92 Å². The smallest absolute Gasteiger partial charge is 0.150 e. The average Bonchev–Trinajstić information content (AvgIpc) is 2.33. The fourth-order valence-corrected chi connectivity index (χ4v) is 2.88. The Labute approximate surface area is 87.6 Å². The molecule has 0 saturated carbocycles. The van der Waals surface area contributed by atoms with Gasteiger partial charge in [0.2, 0.25) is 0 Å². The van der Waals surface area contributed by atoms with Gasteiger partial charge >= 0.3 is 0 Å². The Morgan fingerprint density at radius 1 is 1.50 bits per heavy atom. The van der Waals surface area contributed by atoms with Crippen LogP contribution in [0.4, 0.5) is 0 Å². The first-order chi connectivity index (χ1) is 5.68. The lowest BCUT2D eigenvalue weighted by molar-refractivity contribution is 1.49. The number of hydrogen-bond acceptors (Lipinski definition) is 2. The SMILES string of the molecule is Cc1cc(Br)c2snc(Cl)c2c1. The predicted molar refractivity (Wildman–Crippen MR) is 57.1 cm³/mol. The summed E-state index contributed by atoms with van der Waals surface area (Å²) in [5.74, 6) is 0. The van der Waals surface area contributed by atoms with Crippen LogP contribution in [0.2, 0.25) is 5.15 Å². The number of nitrogens with zero attached hydrogens (tertiary/aromatic N) is 1. The summed E-state index contributed by atoms with van der Waals surface area (Å²) in [5, 5.41) is 1.63. The maximum atomic E-state index is 5.90. The Morgan fingerprint density at radius 3 is 3.00 bits per heavy atom. The molecule has 62 valence electrons. The summed E-state index contributed by atoms with van der Waals surface area (Å²) in [4.78, 5) is 0. The molecule has 0 radical (unpaired) electrons. The van der Waals surface area contributed by atoms with Crippen molar-refractivity contribution in [3.8, 4) is 0 Å². The van der Waals surface area contributed by atoms with Gasteiger partial charge in [0.15, 0.2) is 5.15 Å². The van der Waals surface area contributed by atoms with Crippen molar-refractivity contribution >= 4 is 49.1 Å². The zero-order valence-electron chi connectivity index (χ0n) is 6.27. The molecule has 4 heteroatoms. The molecule has 1 aromatic carbocycles. The number of hydrogen-bond donors (Lipinski definition) is 0. The van der Waals surface area contributed by atoms with E-state index in [0.717, 1.165) is 14.6 Å². The molecule has 0 saturated heterocycles. The second-order valence-electron chi connectivity index (χ2n) is 2.60. The van der Waals surface area contributed by atoms with Crippen molar-refractivity contribution in [2.75, 3.05) is 0 Å². The van der Waals surface area contributed by atoms with E-state index >= 15 is 0 Å². The van der Waals surface area contributed by atoms with Gasteiger partial charge in [-0.3, -0.25) is 0 Å². The molecular formula is C8H5BrClNS. The predicted octanol–water partition coefficient (Wildman–Crippen LogP) is 4.02. The van der Waals surface area contributed by atoms with Crippen molar-refractivity contribution < 1.29 is 0 Å². The van der Waals surface area contributed by atoms with Crippen molar-refractivity contribution in [2.45, 2.75) is 6.92 Å². The molecule has 0 fully saturated rings. The van der Waals surface area contributed by atoms with E-state index < -0.39 is 0 Å². The lowest BCUT2D eigenvalue weighted by Gasteiger charge is -1.95. The fourth-order valence-electron chi connectivity index (χ4n) is 1.11. The summed E-state index contributed by atoms with van der Waals surface area (Å²) < 4.78 is 6.26. The highest BCUT2D eigenvalue weighted by molar-refractivity contribution is 9.10. The van der Waals surface area contributed by atoms with Crippen molar-refractivity contribution in [3.63, 3.8) is 0 Å². The third-order valence-corrected chi connectivity index (χ3v) is 3.80. The Kier molecular flexibility index (Phi) is 2.10. The summed E-state index contributed by atoms with van der Waals surface area (Å²) in [6.07, 6.45) is 0. The lowest BCUT2D eigenvalue weighted by atomic mass is 10.2. The third kappa shape index (κ3) is 1.26. The van der Waals surface area contributed by atoms with Gasteiger partial charge in [-0.05, 0) is 52.1 Å². The van der Waals surface area contributed by atoms with E-state index in [1.807, 2.05) is 13.0 Å². The van der Waals surface area contributed by atoms with Crippen LogP contribution < -0.4 is 0 Å². The zero-order valence-corrected chi connectivity index (χ0v) is 9.42. The van der Waals surface area contributed by atoms with E-state index in [2.05, 4.69) is 26.4 Å². The Hall–Kier alpha value is -0.120. The van der Waals surface area contributed by atoms with Gasteiger partial charge in [0, 0.05) is 9.86 Å². The van der Waals surface area contributed by atoms with Crippen molar-refractivity contribution in [2.24, 2.45) is 0 Å². The van der Waals surface area contributed by atoms with Crippen LogP contribution in [0.25, 0.3) is 10.1 Å². The van der Waals surface area contributed by atoms with E-state index in [4.69, 9.17) is 11.6 Å². The van der Waals surface area contributed by atoms with Gasteiger partial charge in [-0.2, -0.15) is 4.37 Å². The van der Waals surface area contributed by atoms with Crippen LogP contribution in [0.15, 0.2) is 16.6 Å². The maximum Gasteiger partial charge on any atom is 0.150 e. The summed E-state index contributed by atoms with van der Waals surface area (Å²) in [6.45, 7) is 2.04. The molecule has 0 aliphatic rings. The number of benzene rings is 1. The van der Waals surface area contributed by atoms with Gasteiger partial charge in [-0.25, -0.2) is 0 Å². The quantitative estimate of drug-likeness (QED) is 0.699. The minimum atomic E-state index is 0.597. The first-order valence-corrected chi connectivity index (χ1v) is 5.34. The first-order valence-electron chi connectivity index (χ1n) is 3.39. The van der Waals surface area contributed by atoms with Gasteiger partial charge in [0.25, 0.3) is 0 Å². The molecule has 0 unspecified atom stereocenters. The van der Waals surface area contributed by atoms with Crippen LogP contribution >= 0.6 is 39.1 Å². The van der Waals surface area contributed by atoms with Gasteiger partial charge in [0.1, 0.15) is 0 Å². The van der Waals surface area contributed by atoms with Crippen molar-refractivity contribution in [1.29, 1.82) is 0 Å². The van der Waals surface area contributed by atoms with Crippen LogP contribution in [-0.2, 0) is 0 Å².